The minimum atomic E-state index is -4.78. The molecule has 0 spiro atoms. The maximum atomic E-state index is 12.9. The van der Waals surface area contributed by atoms with Crippen LogP contribution in [0.15, 0.2) is 30.6 Å². The van der Waals surface area contributed by atoms with Gasteiger partial charge in [-0.15, -0.1) is 13.2 Å². The van der Waals surface area contributed by atoms with Gasteiger partial charge in [0.1, 0.15) is 5.75 Å². The molecule has 11 heteroatoms. The van der Waals surface area contributed by atoms with E-state index in [1.165, 1.54) is 24.5 Å². The van der Waals surface area contributed by atoms with Crippen LogP contribution in [0.4, 0.5) is 27.9 Å². The van der Waals surface area contributed by atoms with Crippen molar-refractivity contribution >= 4 is 11.9 Å². The SMILES string of the molecule is O=C(c1cnc(NCc2cc(OC(F)(F)F)cc(C3CC3)c2)nc1)N1CC(F)(F)C1. The number of anilines is 1. The molecule has 1 amide bonds. The zero-order valence-electron chi connectivity index (χ0n) is 15.5. The van der Waals surface area contributed by atoms with Crippen LogP contribution in [-0.2, 0) is 6.54 Å². The number of benzene rings is 1. The number of halogens is 5. The first-order chi connectivity index (χ1) is 14.1. The average molecular weight is 428 g/mol. The lowest BCUT2D eigenvalue weighted by Gasteiger charge is -2.38. The fourth-order valence-corrected chi connectivity index (χ4v) is 3.18. The molecule has 4 rings (SSSR count). The van der Waals surface area contributed by atoms with Gasteiger partial charge >= 0.3 is 6.36 Å². The lowest BCUT2D eigenvalue weighted by molar-refractivity contribution is -0.274. The summed E-state index contributed by atoms with van der Waals surface area (Å²) in [6.07, 6.45) is -0.507. The second-order valence-corrected chi connectivity index (χ2v) is 7.40. The Morgan fingerprint density at radius 1 is 1.17 bits per heavy atom. The molecule has 30 heavy (non-hydrogen) atoms. The lowest BCUT2D eigenvalue weighted by atomic mass is 10.1. The highest BCUT2D eigenvalue weighted by molar-refractivity contribution is 5.94. The van der Waals surface area contributed by atoms with Crippen molar-refractivity contribution in [2.24, 2.45) is 0 Å². The topological polar surface area (TPSA) is 67.3 Å². The maximum Gasteiger partial charge on any atom is 0.573 e. The molecule has 0 unspecified atom stereocenters. The summed E-state index contributed by atoms with van der Waals surface area (Å²) in [6, 6.07) is 4.48. The first kappa shape index (κ1) is 20.3. The molecule has 6 nitrogen and oxygen atoms in total. The van der Waals surface area contributed by atoms with Crippen LogP contribution in [-0.4, -0.2) is 46.1 Å². The predicted octanol–water partition coefficient (Wildman–Crippen LogP) is 3.96. The number of hydrogen-bond donors (Lipinski definition) is 1. The molecule has 0 atom stereocenters. The van der Waals surface area contributed by atoms with E-state index in [2.05, 4.69) is 20.0 Å². The van der Waals surface area contributed by atoms with Crippen LogP contribution in [0.1, 0.15) is 40.2 Å². The van der Waals surface area contributed by atoms with Crippen molar-refractivity contribution in [1.29, 1.82) is 0 Å². The number of likely N-dealkylation sites (tertiary alicyclic amines) is 1. The smallest absolute Gasteiger partial charge is 0.406 e. The Kier molecular flexibility index (Phi) is 4.99. The Labute approximate surface area is 168 Å². The third-order valence-electron chi connectivity index (χ3n) is 4.75. The van der Waals surface area contributed by atoms with Crippen LogP contribution < -0.4 is 10.1 Å². The van der Waals surface area contributed by atoms with Crippen LogP contribution in [0.5, 0.6) is 5.75 Å². The van der Waals surface area contributed by atoms with Gasteiger partial charge in [0, 0.05) is 18.9 Å². The van der Waals surface area contributed by atoms with E-state index in [9.17, 15) is 26.7 Å². The first-order valence-electron chi connectivity index (χ1n) is 9.21. The van der Waals surface area contributed by atoms with Gasteiger partial charge < -0.3 is 15.0 Å². The van der Waals surface area contributed by atoms with Crippen LogP contribution >= 0.6 is 0 Å². The molecule has 0 radical (unpaired) electrons. The highest BCUT2D eigenvalue weighted by Crippen LogP contribution is 2.42. The molecule has 1 saturated heterocycles. The second kappa shape index (κ2) is 7.37. The van der Waals surface area contributed by atoms with Gasteiger partial charge in [-0.2, -0.15) is 0 Å². The number of nitrogens with zero attached hydrogens (tertiary/aromatic N) is 3. The number of carbonyl (C=O) groups is 1. The maximum absolute atomic E-state index is 12.9. The van der Waals surface area contributed by atoms with Crippen molar-refractivity contribution in [2.45, 2.75) is 37.6 Å². The van der Waals surface area contributed by atoms with E-state index < -0.39 is 31.3 Å². The van der Waals surface area contributed by atoms with Crippen LogP contribution in [0.25, 0.3) is 0 Å². The van der Waals surface area contributed by atoms with Crippen molar-refractivity contribution < 1.29 is 31.5 Å². The Morgan fingerprint density at radius 3 is 2.40 bits per heavy atom. The summed E-state index contributed by atoms with van der Waals surface area (Å²) >= 11 is 0. The number of alkyl halides is 5. The average Bonchev–Trinajstić information content (AvgIpc) is 3.48. The molecular formula is C19H17F5N4O2. The number of nitrogens with one attached hydrogen (secondary N) is 1. The number of rotatable bonds is 6. The molecule has 160 valence electrons. The van der Waals surface area contributed by atoms with Crippen molar-refractivity contribution in [2.75, 3.05) is 18.4 Å². The van der Waals surface area contributed by atoms with Gasteiger partial charge in [0.05, 0.1) is 18.7 Å². The van der Waals surface area contributed by atoms with Crippen molar-refractivity contribution in [3.05, 3.63) is 47.3 Å². The summed E-state index contributed by atoms with van der Waals surface area (Å²) < 4.78 is 67.5. The zero-order chi connectivity index (χ0) is 21.5. The van der Waals surface area contributed by atoms with Gasteiger partial charge in [0.2, 0.25) is 5.95 Å². The molecule has 2 fully saturated rings. The molecule has 2 aliphatic rings. The largest absolute Gasteiger partial charge is 0.573 e. The van der Waals surface area contributed by atoms with Gasteiger partial charge in [0.25, 0.3) is 11.8 Å². The van der Waals surface area contributed by atoms with Gasteiger partial charge in [-0.1, -0.05) is 6.07 Å². The first-order valence-corrected chi connectivity index (χ1v) is 9.21. The van der Waals surface area contributed by atoms with E-state index in [1.54, 1.807) is 6.07 Å². The predicted molar refractivity (Wildman–Crippen MR) is 95.3 cm³/mol. The number of amides is 1. The number of carbonyl (C=O) groups excluding carboxylic acids is 1. The molecule has 1 aromatic heterocycles. The van der Waals surface area contributed by atoms with E-state index in [1.807, 2.05) is 0 Å². The molecular weight excluding hydrogens is 411 g/mol. The van der Waals surface area contributed by atoms with Gasteiger partial charge in [-0.25, -0.2) is 18.7 Å². The Bertz CT molecular complexity index is 937. The van der Waals surface area contributed by atoms with Crippen LogP contribution in [0, 0.1) is 0 Å². The van der Waals surface area contributed by atoms with Crippen LogP contribution in [0.3, 0.4) is 0 Å². The van der Waals surface area contributed by atoms with Crippen LogP contribution in [0.2, 0.25) is 0 Å². The van der Waals surface area contributed by atoms with E-state index in [0.29, 0.717) is 5.56 Å². The summed E-state index contributed by atoms with van der Waals surface area (Å²) in [6.45, 7) is -1.13. The molecule has 1 aromatic carbocycles. The Balaban J connectivity index is 1.40. The summed E-state index contributed by atoms with van der Waals surface area (Å²) in [7, 11) is 0. The normalized spacial score (nSPS) is 18.0. The zero-order valence-corrected chi connectivity index (χ0v) is 15.5. The Morgan fingerprint density at radius 2 is 1.83 bits per heavy atom. The molecule has 2 heterocycles. The number of aromatic nitrogens is 2. The quantitative estimate of drug-likeness (QED) is 0.706. The third-order valence-corrected chi connectivity index (χ3v) is 4.75. The highest BCUT2D eigenvalue weighted by Gasteiger charge is 2.46. The van der Waals surface area contributed by atoms with Crippen molar-refractivity contribution in [3.8, 4) is 5.75 Å². The fraction of sp³-hybridized carbons (Fsp3) is 0.421. The fourth-order valence-electron chi connectivity index (χ4n) is 3.18. The molecule has 1 aliphatic heterocycles. The van der Waals surface area contributed by atoms with Gasteiger partial charge in [-0.05, 0) is 42.0 Å². The molecule has 0 bridgehead atoms. The second-order valence-electron chi connectivity index (χ2n) is 7.40. The summed E-state index contributed by atoms with van der Waals surface area (Å²) in [5.74, 6) is -3.34. The monoisotopic (exact) mass is 428 g/mol. The standard InChI is InChI=1S/C19H17F5N4O2/c20-18(21)9-28(10-18)16(29)14-7-26-17(27-8-14)25-6-11-3-13(12-1-2-12)5-15(4-11)30-19(22,23)24/h3-5,7-8,12H,1-2,6,9-10H2,(H,25,26,27). The number of ether oxygens (including phenoxy) is 1. The molecule has 1 aliphatic carbocycles. The highest BCUT2D eigenvalue weighted by atomic mass is 19.4. The summed E-state index contributed by atoms with van der Waals surface area (Å²) in [5.41, 5.74) is 1.42. The molecule has 1 saturated carbocycles. The third kappa shape index (κ3) is 4.95. The number of hydrogen-bond acceptors (Lipinski definition) is 5. The summed E-state index contributed by atoms with van der Waals surface area (Å²) in [5, 5.41) is 2.87. The lowest BCUT2D eigenvalue weighted by Crippen LogP contribution is -2.58. The summed E-state index contributed by atoms with van der Waals surface area (Å²) in [4.78, 5) is 21.0. The minimum Gasteiger partial charge on any atom is -0.406 e. The molecule has 1 N–H and O–H groups in total. The van der Waals surface area contributed by atoms with E-state index in [-0.39, 0.29) is 29.7 Å². The Hall–Kier alpha value is -2.98. The molecule has 2 aromatic rings. The van der Waals surface area contributed by atoms with Crippen molar-refractivity contribution in [1.82, 2.24) is 14.9 Å². The van der Waals surface area contributed by atoms with E-state index in [4.69, 9.17) is 0 Å². The van der Waals surface area contributed by atoms with Crippen molar-refractivity contribution in [3.63, 3.8) is 0 Å². The van der Waals surface area contributed by atoms with E-state index >= 15 is 0 Å². The van der Waals surface area contributed by atoms with Gasteiger partial charge in [0.15, 0.2) is 0 Å². The minimum absolute atomic E-state index is 0.0765. The van der Waals surface area contributed by atoms with E-state index in [0.717, 1.165) is 23.3 Å². The van der Waals surface area contributed by atoms with Gasteiger partial charge in [-0.3, -0.25) is 4.79 Å².